The van der Waals surface area contributed by atoms with Gasteiger partial charge in [-0.3, -0.25) is 9.69 Å². The van der Waals surface area contributed by atoms with E-state index in [1.54, 1.807) is 7.11 Å². The van der Waals surface area contributed by atoms with Crippen LogP contribution in [-0.4, -0.2) is 65.2 Å². The van der Waals surface area contributed by atoms with Gasteiger partial charge < -0.3 is 20.1 Å². The molecule has 2 saturated heterocycles. The van der Waals surface area contributed by atoms with Gasteiger partial charge in [0, 0.05) is 32.2 Å². The standard InChI is InChI=1S/C28H41N3O4/c1-4-19-16-24(35-3)23(20-5-6-20)15-21(19)17-30-13-11-28(12-14-30)18-31(26(34)29-28)22-7-9-27(2,10-8-22)25(32)33/h15-16,20,22H,4-14,17-18H2,1-3H3,(H,29,34)(H,32,33)/t22-,27-. The number of hydrogen-bond acceptors (Lipinski definition) is 4. The Labute approximate surface area is 209 Å². The summed E-state index contributed by atoms with van der Waals surface area (Å²) in [5, 5.41) is 12.9. The van der Waals surface area contributed by atoms with E-state index in [-0.39, 0.29) is 17.6 Å². The Kier molecular flexibility index (Phi) is 6.49. The summed E-state index contributed by atoms with van der Waals surface area (Å²) < 4.78 is 5.70. The number of hydrogen-bond donors (Lipinski definition) is 2. The van der Waals surface area contributed by atoms with Crippen LogP contribution < -0.4 is 10.1 Å². The molecule has 0 radical (unpaired) electrons. The topological polar surface area (TPSA) is 82.1 Å². The van der Waals surface area contributed by atoms with Crippen molar-refractivity contribution in [2.75, 3.05) is 26.7 Å². The Bertz CT molecular complexity index is 973. The lowest BCUT2D eigenvalue weighted by atomic mass is 9.73. The summed E-state index contributed by atoms with van der Waals surface area (Å²) in [5.41, 5.74) is 3.38. The molecular weight excluding hydrogens is 442 g/mol. The van der Waals surface area contributed by atoms with Crippen LogP contribution in [0.4, 0.5) is 4.79 Å². The van der Waals surface area contributed by atoms with E-state index in [4.69, 9.17) is 4.74 Å². The van der Waals surface area contributed by atoms with E-state index in [1.807, 2.05) is 11.8 Å². The van der Waals surface area contributed by atoms with E-state index < -0.39 is 11.4 Å². The predicted octanol–water partition coefficient (Wildman–Crippen LogP) is 4.53. The molecule has 1 aromatic carbocycles. The van der Waals surface area contributed by atoms with E-state index in [0.717, 1.165) is 64.0 Å². The summed E-state index contributed by atoms with van der Waals surface area (Å²) >= 11 is 0. The lowest BCUT2D eigenvalue weighted by Gasteiger charge is -2.40. The number of carbonyl (C=O) groups excluding carboxylic acids is 1. The molecule has 0 atom stereocenters. The zero-order chi connectivity index (χ0) is 24.8. The second kappa shape index (κ2) is 9.30. The minimum absolute atomic E-state index is 0.0416. The molecule has 2 heterocycles. The molecule has 2 aliphatic carbocycles. The Morgan fingerprint density at radius 1 is 1.11 bits per heavy atom. The third-order valence-electron chi connectivity index (χ3n) is 9.28. The molecule has 2 N–H and O–H groups in total. The summed E-state index contributed by atoms with van der Waals surface area (Å²) in [7, 11) is 1.78. The molecule has 2 saturated carbocycles. The number of nitrogens with one attached hydrogen (secondary N) is 1. The molecule has 0 bridgehead atoms. The van der Waals surface area contributed by atoms with E-state index in [9.17, 15) is 14.7 Å². The van der Waals surface area contributed by atoms with Crippen molar-refractivity contribution in [3.05, 3.63) is 28.8 Å². The maximum absolute atomic E-state index is 12.9. The number of urea groups is 1. The van der Waals surface area contributed by atoms with Crippen molar-refractivity contribution >= 4 is 12.0 Å². The molecule has 7 heteroatoms. The maximum atomic E-state index is 12.9. The first-order chi connectivity index (χ1) is 16.8. The Hall–Kier alpha value is -2.28. The van der Waals surface area contributed by atoms with Crippen LogP contribution in [0.3, 0.4) is 0 Å². The third kappa shape index (κ3) is 4.76. The molecule has 2 amide bonds. The molecule has 0 unspecified atom stereocenters. The number of ether oxygens (including phenoxy) is 1. The van der Waals surface area contributed by atoms with Gasteiger partial charge in [0.25, 0.3) is 0 Å². The first-order valence-electron chi connectivity index (χ1n) is 13.5. The van der Waals surface area contributed by atoms with Crippen LogP contribution in [0.25, 0.3) is 0 Å². The SMILES string of the molecule is CCc1cc(OC)c(C2CC2)cc1CN1CCC2(CC1)CN([C@H]1CC[C@](C)(C(=O)O)CC1)C(=O)N2. The smallest absolute Gasteiger partial charge is 0.318 e. The summed E-state index contributed by atoms with van der Waals surface area (Å²) in [4.78, 5) is 29.1. The number of carbonyl (C=O) groups is 2. The highest BCUT2D eigenvalue weighted by Gasteiger charge is 2.48. The second-order valence-corrected chi connectivity index (χ2v) is 11.7. The quantitative estimate of drug-likeness (QED) is 0.596. The van der Waals surface area contributed by atoms with Gasteiger partial charge in [-0.05, 0) is 93.4 Å². The molecule has 35 heavy (non-hydrogen) atoms. The van der Waals surface area contributed by atoms with Crippen LogP contribution in [-0.2, 0) is 17.8 Å². The first kappa shape index (κ1) is 24.4. The van der Waals surface area contributed by atoms with Crippen LogP contribution in [0.15, 0.2) is 12.1 Å². The number of methoxy groups -OCH3 is 1. The van der Waals surface area contributed by atoms with E-state index in [0.29, 0.717) is 18.8 Å². The Morgan fingerprint density at radius 2 is 1.80 bits per heavy atom. The summed E-state index contributed by atoms with van der Waals surface area (Å²) in [6, 6.07) is 4.85. The van der Waals surface area contributed by atoms with Gasteiger partial charge in [-0.15, -0.1) is 0 Å². The fourth-order valence-corrected chi connectivity index (χ4v) is 6.51. The van der Waals surface area contributed by atoms with Crippen LogP contribution >= 0.6 is 0 Å². The molecular formula is C28H41N3O4. The minimum atomic E-state index is -0.710. The van der Waals surface area contributed by atoms with Gasteiger partial charge in [-0.25, -0.2) is 4.79 Å². The van der Waals surface area contributed by atoms with Gasteiger partial charge in [0.2, 0.25) is 0 Å². The van der Waals surface area contributed by atoms with E-state index >= 15 is 0 Å². The van der Waals surface area contributed by atoms with Crippen molar-refractivity contribution in [2.24, 2.45) is 5.41 Å². The Morgan fingerprint density at radius 3 is 2.37 bits per heavy atom. The van der Waals surface area contributed by atoms with Crippen LogP contribution in [0, 0.1) is 5.41 Å². The third-order valence-corrected chi connectivity index (χ3v) is 9.28. The average Bonchev–Trinajstić information content (AvgIpc) is 3.65. The number of aliphatic carboxylic acids is 1. The molecule has 7 nitrogen and oxygen atoms in total. The van der Waals surface area contributed by atoms with Gasteiger partial charge in [0.15, 0.2) is 0 Å². The lowest BCUT2D eigenvalue weighted by molar-refractivity contribution is -0.150. The van der Waals surface area contributed by atoms with Crippen molar-refractivity contribution in [3.8, 4) is 5.75 Å². The van der Waals surface area contributed by atoms with Crippen molar-refractivity contribution in [1.82, 2.24) is 15.1 Å². The number of benzene rings is 1. The van der Waals surface area contributed by atoms with E-state index in [1.165, 1.54) is 29.5 Å². The fourth-order valence-electron chi connectivity index (χ4n) is 6.51. The molecule has 4 fully saturated rings. The number of likely N-dealkylation sites (tertiary alicyclic amines) is 1. The number of nitrogens with zero attached hydrogens (tertiary/aromatic N) is 2. The van der Waals surface area contributed by atoms with E-state index in [2.05, 4.69) is 29.3 Å². The molecule has 192 valence electrons. The summed E-state index contributed by atoms with van der Waals surface area (Å²) in [6.07, 6.45) is 8.29. The van der Waals surface area contributed by atoms with Crippen LogP contribution in [0.1, 0.15) is 87.8 Å². The molecule has 4 aliphatic rings. The van der Waals surface area contributed by atoms with Gasteiger partial charge in [0.1, 0.15) is 5.75 Å². The summed E-state index contributed by atoms with van der Waals surface area (Å²) in [5.74, 6) is 0.996. The zero-order valence-corrected chi connectivity index (χ0v) is 21.6. The van der Waals surface area contributed by atoms with Gasteiger partial charge >= 0.3 is 12.0 Å². The van der Waals surface area contributed by atoms with Crippen molar-refractivity contribution in [3.63, 3.8) is 0 Å². The molecule has 0 aromatic heterocycles. The van der Waals surface area contributed by atoms with Crippen molar-refractivity contribution in [1.29, 1.82) is 0 Å². The highest BCUT2D eigenvalue weighted by atomic mass is 16.5. The minimum Gasteiger partial charge on any atom is -0.496 e. The van der Waals surface area contributed by atoms with Crippen molar-refractivity contribution < 1.29 is 19.4 Å². The Balaban J connectivity index is 1.20. The average molecular weight is 484 g/mol. The molecule has 1 aromatic rings. The monoisotopic (exact) mass is 483 g/mol. The lowest BCUT2D eigenvalue weighted by Crippen LogP contribution is -2.52. The fraction of sp³-hybridized carbons (Fsp3) is 0.714. The molecule has 2 aliphatic heterocycles. The summed E-state index contributed by atoms with van der Waals surface area (Å²) in [6.45, 7) is 7.72. The van der Waals surface area contributed by atoms with Gasteiger partial charge in [-0.1, -0.05) is 13.0 Å². The largest absolute Gasteiger partial charge is 0.496 e. The predicted molar refractivity (Wildman–Crippen MR) is 135 cm³/mol. The first-order valence-corrected chi connectivity index (χ1v) is 13.5. The zero-order valence-electron chi connectivity index (χ0n) is 21.6. The number of piperidine rings is 1. The highest BCUT2D eigenvalue weighted by Crippen LogP contribution is 2.45. The van der Waals surface area contributed by atoms with Gasteiger partial charge in [0.05, 0.1) is 18.1 Å². The normalized spacial score (nSPS) is 28.8. The van der Waals surface area contributed by atoms with Crippen molar-refractivity contribution in [2.45, 2.75) is 95.7 Å². The van der Waals surface area contributed by atoms with Crippen LogP contribution in [0.2, 0.25) is 0 Å². The van der Waals surface area contributed by atoms with Gasteiger partial charge in [-0.2, -0.15) is 0 Å². The number of rotatable bonds is 7. The number of carboxylic acids is 1. The van der Waals surface area contributed by atoms with Crippen LogP contribution in [0.5, 0.6) is 5.75 Å². The number of amides is 2. The molecule has 1 spiro atoms. The maximum Gasteiger partial charge on any atom is 0.318 e. The highest BCUT2D eigenvalue weighted by molar-refractivity contribution is 5.78. The number of aryl methyl sites for hydroxylation is 1. The number of carboxylic acid groups (broad SMARTS) is 1. The second-order valence-electron chi connectivity index (χ2n) is 11.7. The molecule has 5 rings (SSSR count).